The second kappa shape index (κ2) is 7.25. The van der Waals surface area contributed by atoms with Gasteiger partial charge in [-0.3, -0.25) is 0 Å². The molecule has 0 aliphatic heterocycles. The highest BCUT2D eigenvalue weighted by Gasteiger charge is 2.07. The summed E-state index contributed by atoms with van der Waals surface area (Å²) in [6.45, 7) is 3.67. The molecule has 0 saturated carbocycles. The number of thiocarbonyl (C=S) groups is 1. The molecule has 0 bridgehead atoms. The molecule has 1 rings (SSSR count). The van der Waals surface area contributed by atoms with Crippen molar-refractivity contribution in [2.45, 2.75) is 13.3 Å². The van der Waals surface area contributed by atoms with Gasteiger partial charge in [0.1, 0.15) is 0 Å². The summed E-state index contributed by atoms with van der Waals surface area (Å²) in [5.41, 5.74) is 2.35. The van der Waals surface area contributed by atoms with E-state index in [1.165, 1.54) is 5.56 Å². The highest BCUT2D eigenvalue weighted by Crippen LogP contribution is 2.17. The van der Waals surface area contributed by atoms with Gasteiger partial charge in [0.25, 0.3) is 0 Å². The average Bonchev–Trinajstić information content (AvgIpc) is 2.34. The third-order valence-corrected chi connectivity index (χ3v) is 3.00. The summed E-state index contributed by atoms with van der Waals surface area (Å²) in [5.74, 6) is 0. The van der Waals surface area contributed by atoms with Crippen LogP contribution in [0, 0.1) is 6.92 Å². The van der Waals surface area contributed by atoms with Crippen molar-refractivity contribution in [2.24, 2.45) is 0 Å². The summed E-state index contributed by atoms with van der Waals surface area (Å²) in [4.78, 5) is 2.00. The zero-order chi connectivity index (χ0) is 12.7. The molecule has 0 radical (unpaired) electrons. The highest BCUT2D eigenvalue weighted by molar-refractivity contribution is 7.80. The van der Waals surface area contributed by atoms with Crippen LogP contribution in [0.15, 0.2) is 24.3 Å². The van der Waals surface area contributed by atoms with Crippen LogP contribution in [0.1, 0.15) is 12.0 Å². The molecule has 1 N–H and O–H groups in total. The van der Waals surface area contributed by atoms with Gasteiger partial charge in [-0.25, -0.2) is 0 Å². The van der Waals surface area contributed by atoms with Gasteiger partial charge < -0.3 is 15.0 Å². The van der Waals surface area contributed by atoms with Gasteiger partial charge in [0.05, 0.1) is 0 Å². The zero-order valence-corrected chi connectivity index (χ0v) is 11.5. The standard InChI is InChI=1S/C13H20N2OS/c1-11-7-4-5-8-12(11)15(2)13(17)14-9-6-10-16-3/h4-5,7-8H,6,9-10H2,1-3H3,(H,14,17). The van der Waals surface area contributed by atoms with Gasteiger partial charge in [-0.05, 0) is 37.2 Å². The lowest BCUT2D eigenvalue weighted by molar-refractivity contribution is 0.195. The molecule has 0 fully saturated rings. The van der Waals surface area contributed by atoms with Crippen LogP contribution in [0.25, 0.3) is 0 Å². The maximum atomic E-state index is 5.34. The number of para-hydroxylation sites is 1. The first-order chi connectivity index (χ1) is 8.16. The molecule has 0 unspecified atom stereocenters. The van der Waals surface area contributed by atoms with Gasteiger partial charge in [0.2, 0.25) is 0 Å². The molecular formula is C13H20N2OS. The Morgan fingerprint density at radius 2 is 2.12 bits per heavy atom. The maximum absolute atomic E-state index is 5.34. The van der Waals surface area contributed by atoms with E-state index in [-0.39, 0.29) is 0 Å². The van der Waals surface area contributed by atoms with Crippen molar-refractivity contribution < 1.29 is 4.74 Å². The summed E-state index contributed by atoms with van der Waals surface area (Å²) in [7, 11) is 3.69. The quantitative estimate of drug-likeness (QED) is 0.642. The van der Waals surface area contributed by atoms with Crippen molar-refractivity contribution in [3.05, 3.63) is 29.8 Å². The fourth-order valence-corrected chi connectivity index (χ4v) is 1.78. The van der Waals surface area contributed by atoms with E-state index in [0.717, 1.165) is 30.4 Å². The SMILES string of the molecule is COCCCNC(=S)N(C)c1ccccc1C. The van der Waals surface area contributed by atoms with E-state index in [2.05, 4.69) is 24.4 Å². The van der Waals surface area contributed by atoms with Crippen molar-refractivity contribution in [3.63, 3.8) is 0 Å². The van der Waals surface area contributed by atoms with Crippen molar-refractivity contribution in [2.75, 3.05) is 32.2 Å². The van der Waals surface area contributed by atoms with E-state index in [1.807, 2.05) is 24.1 Å². The molecule has 0 aliphatic carbocycles. The number of nitrogens with one attached hydrogen (secondary N) is 1. The first-order valence-corrected chi connectivity index (χ1v) is 6.13. The van der Waals surface area contributed by atoms with Crippen LogP contribution in [0.3, 0.4) is 0 Å². The molecule has 0 spiro atoms. The van der Waals surface area contributed by atoms with Crippen LogP contribution in [0.2, 0.25) is 0 Å². The van der Waals surface area contributed by atoms with Gasteiger partial charge in [0, 0.05) is 33.0 Å². The third-order valence-electron chi connectivity index (χ3n) is 2.58. The van der Waals surface area contributed by atoms with Crippen LogP contribution in [0.5, 0.6) is 0 Å². The summed E-state index contributed by atoms with van der Waals surface area (Å²) >= 11 is 5.34. The molecule has 0 aromatic heterocycles. The molecule has 94 valence electrons. The molecule has 4 heteroatoms. The minimum Gasteiger partial charge on any atom is -0.385 e. The Morgan fingerprint density at radius 1 is 1.41 bits per heavy atom. The Bertz CT molecular complexity index is 368. The van der Waals surface area contributed by atoms with Crippen LogP contribution in [0.4, 0.5) is 5.69 Å². The number of benzene rings is 1. The minimum absolute atomic E-state index is 0.746. The Balaban J connectivity index is 2.49. The number of rotatable bonds is 5. The van der Waals surface area contributed by atoms with E-state index < -0.39 is 0 Å². The summed E-state index contributed by atoms with van der Waals surface area (Å²) < 4.78 is 4.99. The van der Waals surface area contributed by atoms with Gasteiger partial charge >= 0.3 is 0 Å². The topological polar surface area (TPSA) is 24.5 Å². The number of ether oxygens (including phenoxy) is 1. The normalized spacial score (nSPS) is 10.1. The smallest absolute Gasteiger partial charge is 0.173 e. The lowest BCUT2D eigenvalue weighted by Gasteiger charge is -2.22. The lowest BCUT2D eigenvalue weighted by Crippen LogP contribution is -2.38. The Morgan fingerprint density at radius 3 is 2.76 bits per heavy atom. The fraction of sp³-hybridized carbons (Fsp3) is 0.462. The minimum atomic E-state index is 0.746. The second-order valence-electron chi connectivity index (χ2n) is 3.92. The number of hydrogen-bond donors (Lipinski definition) is 1. The molecule has 0 saturated heterocycles. The third kappa shape index (κ3) is 4.32. The molecule has 17 heavy (non-hydrogen) atoms. The monoisotopic (exact) mass is 252 g/mol. The van der Waals surface area contributed by atoms with E-state index in [0.29, 0.717) is 0 Å². The highest BCUT2D eigenvalue weighted by atomic mass is 32.1. The lowest BCUT2D eigenvalue weighted by atomic mass is 10.2. The van der Waals surface area contributed by atoms with E-state index in [4.69, 9.17) is 17.0 Å². The van der Waals surface area contributed by atoms with Gasteiger partial charge in [-0.2, -0.15) is 0 Å². The van der Waals surface area contributed by atoms with Crippen molar-refractivity contribution >= 4 is 23.0 Å². The molecule has 0 atom stereocenters. The maximum Gasteiger partial charge on any atom is 0.173 e. The summed E-state index contributed by atoms with van der Waals surface area (Å²) in [6.07, 6.45) is 0.957. The van der Waals surface area contributed by atoms with E-state index >= 15 is 0 Å². The zero-order valence-electron chi connectivity index (χ0n) is 10.7. The molecule has 0 amide bonds. The van der Waals surface area contributed by atoms with Crippen molar-refractivity contribution in [1.82, 2.24) is 5.32 Å². The second-order valence-corrected chi connectivity index (χ2v) is 4.31. The number of methoxy groups -OCH3 is 1. The average molecular weight is 252 g/mol. The number of aryl methyl sites for hydroxylation is 1. The predicted molar refractivity (Wildman–Crippen MR) is 76.7 cm³/mol. The first kappa shape index (κ1) is 13.9. The Kier molecular flexibility index (Phi) is 5.94. The van der Waals surface area contributed by atoms with E-state index in [1.54, 1.807) is 7.11 Å². The van der Waals surface area contributed by atoms with Crippen molar-refractivity contribution in [1.29, 1.82) is 0 Å². The molecule has 0 heterocycles. The Labute approximate surface area is 109 Å². The fourth-order valence-electron chi connectivity index (χ4n) is 1.58. The predicted octanol–water partition coefficient (Wildman–Crippen LogP) is 2.34. The molecule has 0 aliphatic rings. The first-order valence-electron chi connectivity index (χ1n) is 5.73. The molecular weight excluding hydrogens is 232 g/mol. The van der Waals surface area contributed by atoms with Crippen molar-refractivity contribution in [3.8, 4) is 0 Å². The van der Waals surface area contributed by atoms with Crippen LogP contribution >= 0.6 is 12.2 Å². The largest absolute Gasteiger partial charge is 0.385 e. The van der Waals surface area contributed by atoms with Gasteiger partial charge in [-0.15, -0.1) is 0 Å². The van der Waals surface area contributed by atoms with Crippen LogP contribution in [-0.4, -0.2) is 32.4 Å². The number of anilines is 1. The molecule has 1 aromatic rings. The number of nitrogens with zero attached hydrogens (tertiary/aromatic N) is 1. The summed E-state index contributed by atoms with van der Waals surface area (Å²) in [5, 5.41) is 3.97. The van der Waals surface area contributed by atoms with E-state index in [9.17, 15) is 0 Å². The van der Waals surface area contributed by atoms with Gasteiger partial charge in [0.15, 0.2) is 5.11 Å². The molecule has 3 nitrogen and oxygen atoms in total. The van der Waals surface area contributed by atoms with Crippen LogP contribution in [-0.2, 0) is 4.74 Å². The Hall–Kier alpha value is -1.13. The van der Waals surface area contributed by atoms with Crippen LogP contribution < -0.4 is 10.2 Å². The van der Waals surface area contributed by atoms with Gasteiger partial charge in [-0.1, -0.05) is 18.2 Å². The number of hydrogen-bond acceptors (Lipinski definition) is 2. The summed E-state index contributed by atoms with van der Waals surface area (Å²) in [6, 6.07) is 8.20. The molecule has 1 aromatic carbocycles.